The van der Waals surface area contributed by atoms with E-state index in [4.69, 9.17) is 21.5 Å². The zero-order valence-electron chi connectivity index (χ0n) is 23.9. The number of carbonyl (C=O) groups excluding carboxylic acids is 3. The molecule has 12 nitrogen and oxygen atoms in total. The molecule has 3 atom stereocenters. The van der Waals surface area contributed by atoms with Crippen molar-refractivity contribution in [2.45, 2.75) is 34.6 Å². The van der Waals surface area contributed by atoms with Crippen molar-refractivity contribution in [2.24, 2.45) is 11.1 Å². The number of phenolic OH excluding ortho intramolecular Hbond substituents is 1. The highest BCUT2D eigenvalue weighted by molar-refractivity contribution is 8.00. The van der Waals surface area contributed by atoms with Crippen LogP contribution in [0.15, 0.2) is 81.4 Å². The van der Waals surface area contributed by atoms with Gasteiger partial charge < -0.3 is 15.2 Å². The summed E-state index contributed by atoms with van der Waals surface area (Å²) < 4.78 is 30.0. The molecule has 3 heterocycles. The van der Waals surface area contributed by atoms with E-state index in [-0.39, 0.29) is 28.7 Å². The summed E-state index contributed by atoms with van der Waals surface area (Å²) in [5.41, 5.74) is 1.18. The number of nitrogens with zero attached hydrogens (tertiary/aromatic N) is 2. The van der Waals surface area contributed by atoms with Crippen molar-refractivity contribution in [1.82, 2.24) is 4.57 Å². The number of aromatic nitrogens is 1. The Hall–Kier alpha value is -4.15. The van der Waals surface area contributed by atoms with Crippen LogP contribution in [0.5, 0.6) is 11.5 Å². The molecule has 2 aliphatic rings. The third kappa shape index (κ3) is 5.80. The van der Waals surface area contributed by atoms with Crippen molar-refractivity contribution in [2.75, 3.05) is 16.8 Å². The normalized spacial score (nSPS) is 19.1. The molecule has 0 saturated carbocycles. The molecule has 46 heavy (non-hydrogen) atoms. The lowest BCUT2D eigenvalue weighted by atomic mass is 9.83. The lowest BCUT2D eigenvalue weighted by molar-refractivity contribution is -0.122. The average Bonchev–Trinajstić information content (AvgIpc) is 3.45. The topological polar surface area (TPSA) is 178 Å². The van der Waals surface area contributed by atoms with Gasteiger partial charge in [0.05, 0.1) is 28.1 Å². The number of amides is 3. The fraction of sp³-hybridized carbons (Fsp3) is 0.200. The summed E-state index contributed by atoms with van der Waals surface area (Å²) >= 11 is 7.97. The molecule has 0 spiro atoms. The van der Waals surface area contributed by atoms with E-state index in [2.05, 4.69) is 5.32 Å². The largest absolute Gasteiger partial charge is 0.504 e. The number of halogens is 1. The Bertz CT molecular complexity index is 2050. The zero-order valence-corrected chi connectivity index (χ0v) is 27.1. The second-order valence-electron chi connectivity index (χ2n) is 10.4. The Balaban J connectivity index is 1.39. The number of imide groups is 1. The second-order valence-corrected chi connectivity index (χ2v) is 14.6. The molecule has 3 aromatic carbocycles. The first-order chi connectivity index (χ1) is 21.9. The summed E-state index contributed by atoms with van der Waals surface area (Å²) in [5.74, 6) is -3.12. The summed E-state index contributed by atoms with van der Waals surface area (Å²) in [6, 6.07) is 16.2. The second kappa shape index (κ2) is 12.2. The summed E-state index contributed by atoms with van der Waals surface area (Å²) in [5, 5.41) is 18.0. The predicted octanol–water partition coefficient (Wildman–Crippen LogP) is 3.75. The lowest BCUT2D eigenvalue weighted by Gasteiger charge is -2.31. The predicted molar refractivity (Wildman–Crippen MR) is 173 cm³/mol. The number of aromatic hydroxyl groups is 1. The van der Waals surface area contributed by atoms with Crippen molar-refractivity contribution in [3.8, 4) is 11.5 Å². The first-order valence-electron chi connectivity index (χ1n) is 13.8. The number of nitrogens with two attached hydrogens (primary N) is 1. The van der Waals surface area contributed by atoms with Gasteiger partial charge in [-0.15, -0.1) is 0 Å². The molecule has 6 rings (SSSR count). The SMILES string of the molecule is CCOc1cc([C@@H]2c3sc(=O)n(CC(=O)Nc4ccc(S(N)(=O)=O)cc4)c3SC3C(=O)N(c4ccc(Cl)cc4)C(=O)C32)ccc1O. The number of thiazole rings is 1. The molecular weight excluding hydrogens is 676 g/mol. The Labute approximate surface area is 275 Å². The number of rotatable bonds is 8. The van der Waals surface area contributed by atoms with Crippen LogP contribution in [0.3, 0.4) is 0 Å². The maximum Gasteiger partial charge on any atom is 0.308 e. The molecule has 0 radical (unpaired) electrons. The fourth-order valence-electron chi connectivity index (χ4n) is 5.53. The van der Waals surface area contributed by atoms with Crippen molar-refractivity contribution < 1.29 is 32.6 Å². The monoisotopic (exact) mass is 700 g/mol. The minimum atomic E-state index is -3.92. The van der Waals surface area contributed by atoms with E-state index in [1.807, 2.05) is 0 Å². The molecule has 1 saturated heterocycles. The first kappa shape index (κ1) is 31.8. The number of anilines is 2. The summed E-state index contributed by atoms with van der Waals surface area (Å²) in [4.78, 5) is 55.5. The van der Waals surface area contributed by atoms with Crippen LogP contribution in [0.2, 0.25) is 5.02 Å². The highest BCUT2D eigenvalue weighted by Gasteiger charge is 2.57. The molecule has 4 N–H and O–H groups in total. The minimum Gasteiger partial charge on any atom is -0.504 e. The molecule has 0 bridgehead atoms. The lowest BCUT2D eigenvalue weighted by Crippen LogP contribution is -2.33. The van der Waals surface area contributed by atoms with Gasteiger partial charge in [0.25, 0.3) is 0 Å². The van der Waals surface area contributed by atoms with Gasteiger partial charge in [0.1, 0.15) is 11.8 Å². The quantitative estimate of drug-likeness (QED) is 0.231. The highest BCUT2D eigenvalue weighted by atomic mass is 35.5. The van der Waals surface area contributed by atoms with E-state index in [1.165, 1.54) is 34.9 Å². The van der Waals surface area contributed by atoms with E-state index in [0.717, 1.165) is 28.0 Å². The maximum absolute atomic E-state index is 14.1. The van der Waals surface area contributed by atoms with Crippen LogP contribution in [-0.4, -0.2) is 47.7 Å². The molecule has 16 heteroatoms. The van der Waals surface area contributed by atoms with Gasteiger partial charge >= 0.3 is 4.87 Å². The number of hydrogen-bond acceptors (Lipinski definition) is 10. The third-order valence-corrected chi connectivity index (χ3v) is 11.3. The first-order valence-corrected chi connectivity index (χ1v) is 17.4. The molecule has 2 unspecified atom stereocenters. The molecule has 2 aliphatic heterocycles. The molecule has 238 valence electrons. The fourth-order valence-corrected chi connectivity index (χ4v) is 8.94. The third-order valence-electron chi connectivity index (χ3n) is 7.55. The number of primary sulfonamides is 1. The molecule has 4 aromatic rings. The molecule has 1 fully saturated rings. The number of nitrogens with one attached hydrogen (secondary N) is 1. The molecular formula is C30H25ClN4O8S3. The Morgan fingerprint density at radius 1 is 1.04 bits per heavy atom. The smallest absolute Gasteiger partial charge is 0.308 e. The average molecular weight is 701 g/mol. The van der Waals surface area contributed by atoms with Gasteiger partial charge in [-0.2, -0.15) is 0 Å². The van der Waals surface area contributed by atoms with Crippen molar-refractivity contribution in [3.63, 3.8) is 0 Å². The van der Waals surface area contributed by atoms with E-state index < -0.39 is 56.2 Å². The summed E-state index contributed by atoms with van der Waals surface area (Å²) in [6.45, 7) is 1.60. The standard InChI is InChI=1S/C30H25ClN4O8S3/c1-2-43-21-13-15(3-12-20(21)36)23-24-25(28(39)35(27(24)38)18-8-4-16(31)5-9-18)44-29-26(23)45-30(40)34(29)14-22(37)33-17-6-10-19(11-7-17)46(32,41)42/h3-13,23-25,36H,2,14H2,1H3,(H,33,37)(H2,32,41,42)/t23-,24?,25?/m0/s1. The van der Waals surface area contributed by atoms with Crippen LogP contribution in [0, 0.1) is 5.92 Å². The van der Waals surface area contributed by atoms with Crippen molar-refractivity contribution in [1.29, 1.82) is 0 Å². The molecule has 0 aliphatic carbocycles. The minimum absolute atomic E-state index is 0.108. The van der Waals surface area contributed by atoms with Crippen LogP contribution >= 0.6 is 34.7 Å². The highest BCUT2D eigenvalue weighted by Crippen LogP contribution is 2.54. The Kier molecular flexibility index (Phi) is 8.45. The number of fused-ring (bicyclic) bond motifs is 2. The number of benzene rings is 3. The number of phenols is 1. The number of ether oxygens (including phenoxy) is 1. The zero-order chi connectivity index (χ0) is 32.9. The van der Waals surface area contributed by atoms with E-state index in [1.54, 1.807) is 43.3 Å². The van der Waals surface area contributed by atoms with Gasteiger partial charge in [-0.05, 0) is 73.2 Å². The van der Waals surface area contributed by atoms with Gasteiger partial charge in [-0.25, -0.2) is 18.5 Å². The maximum atomic E-state index is 14.1. The van der Waals surface area contributed by atoms with Crippen LogP contribution < -0.4 is 25.0 Å². The molecule has 1 aromatic heterocycles. The number of sulfonamides is 1. The van der Waals surface area contributed by atoms with Crippen molar-refractivity contribution in [3.05, 3.63) is 91.9 Å². The Morgan fingerprint density at radius 2 is 1.74 bits per heavy atom. The number of hydrogen-bond donors (Lipinski definition) is 3. The van der Waals surface area contributed by atoms with Gasteiger partial charge in [-0.3, -0.25) is 23.7 Å². The Morgan fingerprint density at radius 3 is 2.39 bits per heavy atom. The summed E-state index contributed by atoms with van der Waals surface area (Å²) in [7, 11) is -3.92. The molecule has 3 amide bonds. The van der Waals surface area contributed by atoms with Crippen LogP contribution in [0.4, 0.5) is 11.4 Å². The van der Waals surface area contributed by atoms with Crippen LogP contribution in [0.1, 0.15) is 23.3 Å². The summed E-state index contributed by atoms with van der Waals surface area (Å²) in [6.07, 6.45) is 0. The van der Waals surface area contributed by atoms with Crippen molar-refractivity contribution >= 4 is 73.8 Å². The van der Waals surface area contributed by atoms with Gasteiger partial charge in [0.2, 0.25) is 27.7 Å². The number of thioether (sulfide) groups is 1. The number of carbonyl (C=O) groups is 3. The van der Waals surface area contributed by atoms with E-state index >= 15 is 0 Å². The van der Waals surface area contributed by atoms with Crippen LogP contribution in [0.25, 0.3) is 0 Å². The van der Waals surface area contributed by atoms with Crippen LogP contribution in [-0.2, 0) is 31.0 Å². The van der Waals surface area contributed by atoms with Gasteiger partial charge in [0, 0.05) is 21.5 Å². The van der Waals surface area contributed by atoms with E-state index in [0.29, 0.717) is 26.2 Å². The van der Waals surface area contributed by atoms with Gasteiger partial charge in [0.15, 0.2) is 11.5 Å². The van der Waals surface area contributed by atoms with E-state index in [9.17, 15) is 32.7 Å². The van der Waals surface area contributed by atoms with Gasteiger partial charge in [-0.1, -0.05) is 40.8 Å².